The van der Waals surface area contributed by atoms with Crippen LogP contribution in [0.4, 0.5) is 5.69 Å². The Labute approximate surface area is 220 Å². The van der Waals surface area contributed by atoms with Gasteiger partial charge < -0.3 is 9.47 Å². The van der Waals surface area contributed by atoms with Crippen molar-refractivity contribution in [2.45, 2.75) is 6.61 Å². The van der Waals surface area contributed by atoms with E-state index in [2.05, 4.69) is 20.9 Å². The number of carbonyl (C=O) groups is 2. The number of aliphatic imine (C=N–C) groups is 1. The lowest BCUT2D eigenvalue weighted by Crippen LogP contribution is -2.23. The predicted octanol–water partition coefficient (Wildman–Crippen LogP) is 6.70. The molecule has 0 spiro atoms. The smallest absolute Gasteiger partial charge is 0.337 e. The number of nitrogens with zero attached hydrogens (tertiary/aromatic N) is 2. The minimum atomic E-state index is -0.442. The highest BCUT2D eigenvalue weighted by Gasteiger charge is 2.30. The fourth-order valence-corrected chi connectivity index (χ4v) is 4.82. The number of rotatable bonds is 6. The Morgan fingerprint density at radius 3 is 2.63 bits per heavy atom. The molecule has 0 radical (unpaired) electrons. The van der Waals surface area contributed by atoms with Crippen LogP contribution in [0.2, 0.25) is 5.02 Å². The Morgan fingerprint density at radius 1 is 1.14 bits per heavy atom. The number of thioether (sulfide) groups is 1. The molecule has 6 nitrogen and oxygen atoms in total. The molecule has 178 valence electrons. The first-order valence-electron chi connectivity index (χ1n) is 10.5. The van der Waals surface area contributed by atoms with Gasteiger partial charge in [0.05, 0.1) is 27.7 Å². The average molecular weight is 572 g/mol. The molecule has 1 amide bonds. The lowest BCUT2D eigenvalue weighted by molar-refractivity contribution is -0.121. The number of amides is 1. The van der Waals surface area contributed by atoms with E-state index >= 15 is 0 Å². The SMILES string of the molecule is COC(=O)c1cccc(N=C2SC(=Cc3ccc(OCc4ccc(Cl)cc4)c(Br)c3)C(=O)N2C)c1. The molecule has 0 saturated carbocycles. The third kappa shape index (κ3) is 6.14. The van der Waals surface area contributed by atoms with E-state index in [1.165, 1.54) is 23.8 Å². The summed E-state index contributed by atoms with van der Waals surface area (Å²) < 4.78 is 11.4. The highest BCUT2D eigenvalue weighted by Crippen LogP contribution is 2.35. The predicted molar refractivity (Wildman–Crippen MR) is 143 cm³/mol. The van der Waals surface area contributed by atoms with Gasteiger partial charge >= 0.3 is 5.97 Å². The largest absolute Gasteiger partial charge is 0.488 e. The molecule has 0 bridgehead atoms. The van der Waals surface area contributed by atoms with Crippen LogP contribution in [0.1, 0.15) is 21.5 Å². The maximum atomic E-state index is 12.8. The zero-order chi connectivity index (χ0) is 24.9. The molecule has 1 aliphatic rings. The first kappa shape index (κ1) is 25.0. The van der Waals surface area contributed by atoms with E-state index in [4.69, 9.17) is 21.1 Å². The monoisotopic (exact) mass is 570 g/mol. The van der Waals surface area contributed by atoms with Gasteiger partial charge in [-0.05, 0) is 87.4 Å². The summed E-state index contributed by atoms with van der Waals surface area (Å²) in [5, 5.41) is 1.20. The Bertz CT molecular complexity index is 1340. The maximum absolute atomic E-state index is 12.8. The summed E-state index contributed by atoms with van der Waals surface area (Å²) in [5.74, 6) is 0.0942. The fourth-order valence-electron chi connectivity index (χ4n) is 3.20. The molecule has 0 aromatic heterocycles. The van der Waals surface area contributed by atoms with Gasteiger partial charge in [-0.1, -0.05) is 35.9 Å². The Kier molecular flexibility index (Phi) is 7.95. The molecule has 9 heteroatoms. The van der Waals surface area contributed by atoms with E-state index < -0.39 is 5.97 Å². The molecule has 3 aromatic carbocycles. The Balaban J connectivity index is 1.49. The number of esters is 1. The summed E-state index contributed by atoms with van der Waals surface area (Å²) in [6.45, 7) is 0.409. The van der Waals surface area contributed by atoms with Crippen LogP contribution in [-0.2, 0) is 16.1 Å². The van der Waals surface area contributed by atoms with Gasteiger partial charge in [0, 0.05) is 12.1 Å². The van der Waals surface area contributed by atoms with Crippen LogP contribution in [0.5, 0.6) is 5.75 Å². The van der Waals surface area contributed by atoms with Crippen LogP contribution in [0.25, 0.3) is 6.08 Å². The number of amidine groups is 1. The van der Waals surface area contributed by atoms with Gasteiger partial charge in [-0.3, -0.25) is 9.69 Å². The molecule has 0 N–H and O–H groups in total. The highest BCUT2D eigenvalue weighted by atomic mass is 79.9. The molecule has 1 saturated heterocycles. The van der Waals surface area contributed by atoms with Crippen molar-refractivity contribution in [3.05, 3.63) is 97.8 Å². The molecule has 1 heterocycles. The molecular formula is C26H20BrClN2O4S. The van der Waals surface area contributed by atoms with Crippen LogP contribution in [0, 0.1) is 0 Å². The van der Waals surface area contributed by atoms with Crippen LogP contribution >= 0.6 is 39.3 Å². The summed E-state index contributed by atoms with van der Waals surface area (Å²) in [4.78, 5) is 31.2. The van der Waals surface area contributed by atoms with E-state index in [9.17, 15) is 9.59 Å². The number of carbonyl (C=O) groups excluding carboxylic acids is 2. The quantitative estimate of drug-likeness (QED) is 0.243. The van der Waals surface area contributed by atoms with Crippen LogP contribution in [-0.4, -0.2) is 36.1 Å². The molecule has 1 aliphatic heterocycles. The van der Waals surface area contributed by atoms with E-state index in [-0.39, 0.29) is 5.91 Å². The number of benzene rings is 3. The van der Waals surface area contributed by atoms with Gasteiger partial charge in [-0.2, -0.15) is 0 Å². The van der Waals surface area contributed by atoms with Gasteiger partial charge in [-0.15, -0.1) is 0 Å². The van der Waals surface area contributed by atoms with Gasteiger partial charge in [0.25, 0.3) is 5.91 Å². The van der Waals surface area contributed by atoms with E-state index in [0.29, 0.717) is 38.7 Å². The number of hydrogen-bond acceptors (Lipinski definition) is 6. The van der Waals surface area contributed by atoms with E-state index in [1.807, 2.05) is 48.5 Å². The van der Waals surface area contributed by atoms with Crippen LogP contribution in [0.15, 0.2) is 81.1 Å². The number of methoxy groups -OCH3 is 1. The normalized spacial score (nSPS) is 15.7. The number of ether oxygens (including phenoxy) is 2. The zero-order valence-corrected chi connectivity index (χ0v) is 22.0. The first-order valence-corrected chi connectivity index (χ1v) is 12.4. The molecule has 0 atom stereocenters. The lowest BCUT2D eigenvalue weighted by atomic mass is 10.2. The van der Waals surface area contributed by atoms with Crippen molar-refractivity contribution in [3.8, 4) is 5.75 Å². The lowest BCUT2D eigenvalue weighted by Gasteiger charge is -2.09. The third-order valence-electron chi connectivity index (χ3n) is 5.06. The molecule has 0 unspecified atom stereocenters. The van der Waals surface area contributed by atoms with Crippen molar-refractivity contribution < 1.29 is 19.1 Å². The molecular weight excluding hydrogens is 552 g/mol. The second kappa shape index (κ2) is 11.1. The van der Waals surface area contributed by atoms with Gasteiger partial charge in [0.1, 0.15) is 12.4 Å². The Morgan fingerprint density at radius 2 is 1.91 bits per heavy atom. The average Bonchev–Trinajstić information content (AvgIpc) is 3.11. The van der Waals surface area contributed by atoms with Crippen molar-refractivity contribution >= 4 is 68.1 Å². The highest BCUT2D eigenvalue weighted by molar-refractivity contribution is 9.10. The first-order chi connectivity index (χ1) is 16.8. The summed E-state index contributed by atoms with van der Waals surface area (Å²) in [5.41, 5.74) is 2.80. The van der Waals surface area contributed by atoms with Crippen molar-refractivity contribution in [3.63, 3.8) is 0 Å². The number of halogens is 2. The minimum absolute atomic E-state index is 0.156. The van der Waals surface area contributed by atoms with E-state index in [1.54, 1.807) is 31.3 Å². The minimum Gasteiger partial charge on any atom is -0.488 e. The van der Waals surface area contributed by atoms with Crippen molar-refractivity contribution in [1.82, 2.24) is 4.90 Å². The summed E-state index contributed by atoms with van der Waals surface area (Å²) in [7, 11) is 3.00. The molecule has 3 aromatic rings. The van der Waals surface area contributed by atoms with Crippen molar-refractivity contribution in [2.75, 3.05) is 14.2 Å². The second-order valence-corrected chi connectivity index (χ2v) is 9.82. The zero-order valence-electron chi connectivity index (χ0n) is 18.8. The summed E-state index contributed by atoms with van der Waals surface area (Å²) in [6, 6.07) is 19.9. The fraction of sp³-hybridized carbons (Fsp3) is 0.115. The van der Waals surface area contributed by atoms with Gasteiger partial charge in [0.15, 0.2) is 5.17 Å². The van der Waals surface area contributed by atoms with Gasteiger partial charge in [-0.25, -0.2) is 9.79 Å². The van der Waals surface area contributed by atoms with E-state index in [0.717, 1.165) is 15.6 Å². The van der Waals surface area contributed by atoms with Crippen molar-refractivity contribution in [1.29, 1.82) is 0 Å². The molecule has 1 fully saturated rings. The molecule has 35 heavy (non-hydrogen) atoms. The number of hydrogen-bond donors (Lipinski definition) is 0. The topological polar surface area (TPSA) is 68.2 Å². The summed E-state index contributed by atoms with van der Waals surface area (Å²) >= 11 is 10.7. The van der Waals surface area contributed by atoms with Crippen molar-refractivity contribution in [2.24, 2.45) is 4.99 Å². The Hall–Kier alpha value is -3.07. The molecule has 0 aliphatic carbocycles. The second-order valence-electron chi connectivity index (χ2n) is 7.52. The van der Waals surface area contributed by atoms with Crippen LogP contribution < -0.4 is 4.74 Å². The molecule has 4 rings (SSSR count). The summed E-state index contributed by atoms with van der Waals surface area (Å²) in [6.07, 6.45) is 1.81. The van der Waals surface area contributed by atoms with Crippen LogP contribution in [0.3, 0.4) is 0 Å². The van der Waals surface area contributed by atoms with Gasteiger partial charge in [0.2, 0.25) is 0 Å². The maximum Gasteiger partial charge on any atom is 0.337 e. The number of likely N-dealkylation sites (N-methyl/N-ethyl adjacent to an activating group) is 1. The standard InChI is InChI=1S/C26H20BrClN2O4S/c1-30-24(31)23(35-26(30)29-20-5-3-4-18(14-20)25(32)33-2)13-17-8-11-22(21(27)12-17)34-15-16-6-9-19(28)10-7-16/h3-14H,15H2,1-2H3. The third-order valence-corrected chi connectivity index (χ3v) is 6.99.